The van der Waals surface area contributed by atoms with Gasteiger partial charge in [0.15, 0.2) is 23.1 Å². The molecule has 34 heavy (non-hydrogen) atoms. The zero-order valence-corrected chi connectivity index (χ0v) is 19.0. The molecule has 2 N–H and O–H groups in total. The Morgan fingerprint density at radius 3 is 2.50 bits per heavy atom. The van der Waals surface area contributed by atoms with E-state index in [1.54, 1.807) is 19.3 Å². The van der Waals surface area contributed by atoms with Crippen molar-refractivity contribution in [2.24, 2.45) is 10.7 Å². The largest absolute Gasteiger partial charge is 0.494 e. The summed E-state index contributed by atoms with van der Waals surface area (Å²) in [7, 11) is 4.11. The van der Waals surface area contributed by atoms with E-state index < -0.39 is 22.8 Å². The number of halogens is 2. The Labute approximate surface area is 194 Å². The van der Waals surface area contributed by atoms with E-state index in [1.807, 2.05) is 0 Å². The second-order valence-corrected chi connectivity index (χ2v) is 7.67. The SMILES string of the molecule is CN=CC(=CN)c1cc2c(cn1)cc(-c1c(F)c(OC)cc(OC)c1F)c(=O)n2C1CCOC1. The maximum absolute atomic E-state index is 15.3. The van der Waals surface area contributed by atoms with Gasteiger partial charge in [-0.25, -0.2) is 8.78 Å². The zero-order chi connectivity index (χ0) is 24.4. The third kappa shape index (κ3) is 3.90. The molecule has 0 amide bonds. The predicted octanol–water partition coefficient (Wildman–Crippen LogP) is 3.32. The molecular weight excluding hydrogens is 446 g/mol. The van der Waals surface area contributed by atoms with Gasteiger partial charge in [0.05, 0.1) is 49.2 Å². The maximum Gasteiger partial charge on any atom is 0.259 e. The van der Waals surface area contributed by atoms with Crippen LogP contribution in [0.3, 0.4) is 0 Å². The lowest BCUT2D eigenvalue weighted by molar-refractivity contribution is 0.186. The molecule has 2 aromatic heterocycles. The minimum absolute atomic E-state index is 0.175. The number of allylic oxidation sites excluding steroid dienone is 1. The third-order valence-corrected chi connectivity index (χ3v) is 5.78. The van der Waals surface area contributed by atoms with Gasteiger partial charge in [-0.05, 0) is 18.6 Å². The van der Waals surface area contributed by atoms with Crippen molar-refractivity contribution in [1.29, 1.82) is 0 Å². The number of ether oxygens (including phenoxy) is 3. The highest BCUT2D eigenvalue weighted by Crippen LogP contribution is 2.38. The first-order chi connectivity index (χ1) is 16.4. The van der Waals surface area contributed by atoms with Gasteiger partial charge in [0.1, 0.15) is 0 Å². The Bertz CT molecular complexity index is 1330. The van der Waals surface area contributed by atoms with Crippen molar-refractivity contribution >= 4 is 22.7 Å². The van der Waals surface area contributed by atoms with Gasteiger partial charge >= 0.3 is 0 Å². The van der Waals surface area contributed by atoms with E-state index in [0.717, 1.165) is 6.07 Å². The lowest BCUT2D eigenvalue weighted by Gasteiger charge is -2.19. The number of hydrogen-bond donors (Lipinski definition) is 1. The van der Waals surface area contributed by atoms with E-state index >= 15 is 8.78 Å². The first kappa shape index (κ1) is 23.4. The molecule has 178 valence electrons. The molecule has 1 unspecified atom stereocenters. The quantitative estimate of drug-likeness (QED) is 0.555. The monoisotopic (exact) mass is 470 g/mol. The molecule has 3 heterocycles. The number of benzene rings is 1. The minimum atomic E-state index is -0.997. The highest BCUT2D eigenvalue weighted by atomic mass is 19.1. The van der Waals surface area contributed by atoms with Crippen molar-refractivity contribution in [2.45, 2.75) is 12.5 Å². The van der Waals surface area contributed by atoms with Crippen LogP contribution in [0.4, 0.5) is 8.78 Å². The number of aliphatic imine (C=N–C) groups is 1. The van der Waals surface area contributed by atoms with Gasteiger partial charge in [-0.2, -0.15) is 0 Å². The Kier molecular flexibility index (Phi) is 6.60. The molecule has 0 bridgehead atoms. The van der Waals surface area contributed by atoms with Crippen LogP contribution in [0.25, 0.3) is 27.6 Å². The molecule has 0 spiro atoms. The van der Waals surface area contributed by atoms with Crippen LogP contribution in [0.1, 0.15) is 18.2 Å². The highest BCUT2D eigenvalue weighted by molar-refractivity contribution is 6.09. The predicted molar refractivity (Wildman–Crippen MR) is 126 cm³/mol. The number of nitrogens with two attached hydrogens (primary N) is 1. The van der Waals surface area contributed by atoms with Gasteiger partial charge in [0, 0.05) is 49.3 Å². The van der Waals surface area contributed by atoms with Gasteiger partial charge in [0.2, 0.25) is 0 Å². The molecule has 1 aromatic carbocycles. The first-order valence-electron chi connectivity index (χ1n) is 10.5. The first-order valence-corrected chi connectivity index (χ1v) is 10.5. The average Bonchev–Trinajstić information content (AvgIpc) is 3.37. The summed E-state index contributed by atoms with van der Waals surface area (Å²) in [6, 6.07) is 3.90. The summed E-state index contributed by atoms with van der Waals surface area (Å²) in [6.45, 7) is 0.755. The van der Waals surface area contributed by atoms with E-state index in [0.29, 0.717) is 41.8 Å². The Balaban J connectivity index is 2.07. The van der Waals surface area contributed by atoms with E-state index in [1.165, 1.54) is 37.2 Å². The van der Waals surface area contributed by atoms with Gasteiger partial charge in [-0.3, -0.25) is 14.8 Å². The van der Waals surface area contributed by atoms with Crippen molar-refractivity contribution in [3.63, 3.8) is 0 Å². The van der Waals surface area contributed by atoms with Crippen LogP contribution in [0.2, 0.25) is 0 Å². The number of nitrogens with zero attached hydrogens (tertiary/aromatic N) is 3. The number of methoxy groups -OCH3 is 2. The van der Waals surface area contributed by atoms with E-state index in [-0.39, 0.29) is 23.1 Å². The van der Waals surface area contributed by atoms with Crippen molar-refractivity contribution in [3.8, 4) is 22.6 Å². The van der Waals surface area contributed by atoms with Crippen molar-refractivity contribution in [3.05, 3.63) is 58.3 Å². The third-order valence-electron chi connectivity index (χ3n) is 5.78. The fraction of sp³-hybridized carbons (Fsp3) is 0.292. The molecule has 10 heteroatoms. The van der Waals surface area contributed by atoms with E-state index in [9.17, 15) is 4.79 Å². The Morgan fingerprint density at radius 2 is 1.94 bits per heavy atom. The number of rotatable bonds is 6. The van der Waals surface area contributed by atoms with Gasteiger partial charge in [-0.15, -0.1) is 0 Å². The van der Waals surface area contributed by atoms with Gasteiger partial charge in [0.25, 0.3) is 5.56 Å². The zero-order valence-electron chi connectivity index (χ0n) is 19.0. The number of aromatic nitrogens is 2. The van der Waals surface area contributed by atoms with Crippen LogP contribution in [0, 0.1) is 11.6 Å². The minimum Gasteiger partial charge on any atom is -0.494 e. The second kappa shape index (κ2) is 9.60. The molecule has 1 aliphatic heterocycles. The second-order valence-electron chi connectivity index (χ2n) is 7.67. The summed E-state index contributed by atoms with van der Waals surface area (Å²) in [6.07, 6.45) is 5.01. The summed E-state index contributed by atoms with van der Waals surface area (Å²) in [5.74, 6) is -2.48. The summed E-state index contributed by atoms with van der Waals surface area (Å²) in [5, 5.41) is 0.510. The average molecular weight is 470 g/mol. The lowest BCUT2D eigenvalue weighted by Crippen LogP contribution is -2.27. The number of fused-ring (bicyclic) bond motifs is 1. The van der Waals surface area contributed by atoms with Crippen molar-refractivity contribution in [2.75, 3.05) is 34.5 Å². The molecule has 3 aromatic rings. The van der Waals surface area contributed by atoms with E-state index in [2.05, 4.69) is 9.98 Å². The molecule has 1 aliphatic rings. The summed E-state index contributed by atoms with van der Waals surface area (Å²) < 4.78 is 47.7. The van der Waals surface area contributed by atoms with Crippen LogP contribution < -0.4 is 20.8 Å². The maximum atomic E-state index is 15.3. The molecule has 1 saturated heterocycles. The van der Waals surface area contributed by atoms with E-state index in [4.69, 9.17) is 19.9 Å². The molecule has 1 fully saturated rings. The molecular formula is C24H24F2N4O4. The van der Waals surface area contributed by atoms with Crippen LogP contribution in [-0.2, 0) is 4.74 Å². The smallest absolute Gasteiger partial charge is 0.259 e. The Morgan fingerprint density at radius 1 is 1.24 bits per heavy atom. The molecule has 0 radical (unpaired) electrons. The summed E-state index contributed by atoms with van der Waals surface area (Å²) >= 11 is 0. The standard InChI is InChI=1S/C24H24F2N4O4/c1-28-10-14(9-27)17-7-18-13(11-29-17)6-16(24(31)30(18)15-4-5-34-12-15)21-22(25)19(32-2)8-20(33-3)23(21)26/h6-11,15H,4-5,12,27H2,1-3H3. The molecule has 4 rings (SSSR count). The molecule has 0 aliphatic carbocycles. The van der Waals surface area contributed by atoms with Crippen molar-refractivity contribution in [1.82, 2.24) is 9.55 Å². The Hall–Kier alpha value is -3.79. The van der Waals surface area contributed by atoms with Gasteiger partial charge in [-0.1, -0.05) is 0 Å². The number of hydrogen-bond acceptors (Lipinski definition) is 7. The summed E-state index contributed by atoms with van der Waals surface area (Å²) in [4.78, 5) is 22.2. The van der Waals surface area contributed by atoms with Crippen LogP contribution >= 0.6 is 0 Å². The normalized spacial score (nSPS) is 16.5. The molecule has 8 nitrogen and oxygen atoms in total. The highest BCUT2D eigenvalue weighted by Gasteiger charge is 2.28. The fourth-order valence-corrected chi connectivity index (χ4v) is 4.11. The lowest BCUT2D eigenvalue weighted by atomic mass is 10.0. The fourth-order valence-electron chi connectivity index (χ4n) is 4.11. The molecule has 0 saturated carbocycles. The van der Waals surface area contributed by atoms with Crippen LogP contribution in [-0.4, -0.2) is 50.2 Å². The van der Waals surface area contributed by atoms with Crippen molar-refractivity contribution < 1.29 is 23.0 Å². The molecule has 1 atom stereocenters. The topological polar surface area (TPSA) is 101 Å². The van der Waals surface area contributed by atoms with Crippen LogP contribution in [0.5, 0.6) is 11.5 Å². The van der Waals surface area contributed by atoms with Crippen LogP contribution in [0.15, 0.2) is 40.4 Å². The number of pyridine rings is 2. The van der Waals surface area contributed by atoms with Gasteiger partial charge < -0.3 is 24.5 Å². The summed E-state index contributed by atoms with van der Waals surface area (Å²) in [5.41, 5.74) is 6.05.